The molecule has 5 heteroatoms. The average molecular weight is 324 g/mol. The van der Waals surface area contributed by atoms with Gasteiger partial charge in [-0.1, -0.05) is 12.1 Å². The Morgan fingerprint density at radius 3 is 2.00 bits per heavy atom. The number of hydrogen-bond acceptors (Lipinski definition) is 4. The lowest BCUT2D eigenvalue weighted by Crippen LogP contribution is -2.37. The minimum Gasteiger partial charge on any atom is -0.497 e. The van der Waals surface area contributed by atoms with Crippen molar-refractivity contribution in [1.29, 1.82) is 0 Å². The van der Waals surface area contributed by atoms with E-state index in [-0.39, 0.29) is 11.9 Å². The zero-order valence-corrected chi connectivity index (χ0v) is 13.9. The van der Waals surface area contributed by atoms with E-state index in [2.05, 4.69) is 5.43 Å². The Morgan fingerprint density at radius 2 is 1.50 bits per heavy atom. The minimum absolute atomic E-state index is 0.0458. The molecule has 0 spiro atoms. The molecule has 0 radical (unpaired) electrons. The number of carbonyl (C=O) groups excluding carboxylic acids is 1. The fourth-order valence-corrected chi connectivity index (χ4v) is 2.72. The van der Waals surface area contributed by atoms with Crippen LogP contribution in [-0.2, 0) is 4.79 Å². The fourth-order valence-electron chi connectivity index (χ4n) is 2.72. The smallest absolute Gasteiger partial charge is 0.238 e. The second-order valence-electron chi connectivity index (χ2n) is 5.53. The van der Waals surface area contributed by atoms with Crippen LogP contribution in [0.25, 0.3) is 5.70 Å². The van der Waals surface area contributed by atoms with Gasteiger partial charge in [0.2, 0.25) is 5.91 Å². The molecule has 1 aliphatic heterocycles. The van der Waals surface area contributed by atoms with E-state index in [1.807, 2.05) is 54.6 Å². The number of hydrazine groups is 1. The Kier molecular flexibility index (Phi) is 4.42. The highest BCUT2D eigenvalue weighted by molar-refractivity contribution is 5.79. The summed E-state index contributed by atoms with van der Waals surface area (Å²) in [7, 11) is 3.27. The normalized spacial score (nSPS) is 16.4. The van der Waals surface area contributed by atoms with Crippen molar-refractivity contribution in [2.24, 2.45) is 0 Å². The highest BCUT2D eigenvalue weighted by Gasteiger charge is 2.28. The molecule has 2 aromatic carbocycles. The Morgan fingerprint density at radius 1 is 0.958 bits per heavy atom. The molecule has 3 rings (SSSR count). The minimum atomic E-state index is -0.162. The molecule has 1 aliphatic rings. The van der Waals surface area contributed by atoms with E-state index in [0.29, 0.717) is 0 Å². The molecule has 0 aromatic heterocycles. The number of benzene rings is 2. The zero-order chi connectivity index (χ0) is 17.1. The van der Waals surface area contributed by atoms with Crippen LogP contribution < -0.4 is 14.9 Å². The Bertz CT molecular complexity index is 751. The average Bonchev–Trinajstić information content (AvgIpc) is 3.07. The van der Waals surface area contributed by atoms with Crippen LogP contribution in [0, 0.1) is 0 Å². The van der Waals surface area contributed by atoms with E-state index in [1.165, 1.54) is 0 Å². The molecule has 1 amide bonds. The molecule has 0 saturated carbocycles. The lowest BCUT2D eigenvalue weighted by atomic mass is 10.0. The number of methoxy groups -OCH3 is 2. The van der Waals surface area contributed by atoms with Crippen LogP contribution in [0.2, 0.25) is 0 Å². The first-order valence-electron chi connectivity index (χ1n) is 7.69. The molecule has 0 bridgehead atoms. The Hall–Kier alpha value is -2.95. The van der Waals surface area contributed by atoms with Gasteiger partial charge in [-0.2, -0.15) is 0 Å². The van der Waals surface area contributed by atoms with Crippen LogP contribution in [0.1, 0.15) is 24.1 Å². The molecule has 24 heavy (non-hydrogen) atoms. The highest BCUT2D eigenvalue weighted by Crippen LogP contribution is 2.32. The molecule has 1 unspecified atom stereocenters. The van der Waals surface area contributed by atoms with E-state index in [4.69, 9.17) is 9.47 Å². The van der Waals surface area contributed by atoms with Crippen molar-refractivity contribution in [2.75, 3.05) is 14.2 Å². The SMILES string of the molecule is COc1ccc(C2=CC(c3ccc(OC)cc3)N(C(C)=O)N2)cc1. The van der Waals surface area contributed by atoms with Crippen molar-refractivity contribution in [3.63, 3.8) is 0 Å². The molecular formula is C19H20N2O3. The van der Waals surface area contributed by atoms with E-state index in [9.17, 15) is 4.79 Å². The summed E-state index contributed by atoms with van der Waals surface area (Å²) in [6.07, 6.45) is 2.05. The van der Waals surface area contributed by atoms with E-state index in [0.717, 1.165) is 28.3 Å². The van der Waals surface area contributed by atoms with Gasteiger partial charge in [-0.3, -0.25) is 10.2 Å². The molecule has 1 heterocycles. The topological polar surface area (TPSA) is 50.8 Å². The first-order chi connectivity index (χ1) is 11.6. The summed E-state index contributed by atoms with van der Waals surface area (Å²) in [4.78, 5) is 12.0. The monoisotopic (exact) mass is 324 g/mol. The lowest BCUT2D eigenvalue weighted by molar-refractivity contribution is -0.132. The van der Waals surface area contributed by atoms with Crippen LogP contribution in [0.4, 0.5) is 0 Å². The maximum absolute atomic E-state index is 12.0. The van der Waals surface area contributed by atoms with Crippen LogP contribution in [-0.4, -0.2) is 25.1 Å². The molecule has 1 atom stereocenters. The van der Waals surface area contributed by atoms with Gasteiger partial charge in [0.25, 0.3) is 0 Å². The number of hydrogen-bond donors (Lipinski definition) is 1. The largest absolute Gasteiger partial charge is 0.497 e. The third-order valence-electron chi connectivity index (χ3n) is 4.04. The number of rotatable bonds is 4. The van der Waals surface area contributed by atoms with E-state index >= 15 is 0 Å². The number of amides is 1. The summed E-state index contributed by atoms with van der Waals surface area (Å²) in [6.45, 7) is 1.55. The maximum Gasteiger partial charge on any atom is 0.238 e. The summed E-state index contributed by atoms with van der Waals surface area (Å²) in [5.74, 6) is 1.54. The van der Waals surface area contributed by atoms with Gasteiger partial charge in [-0.05, 0) is 53.6 Å². The van der Waals surface area contributed by atoms with Gasteiger partial charge in [-0.25, -0.2) is 5.01 Å². The van der Waals surface area contributed by atoms with Crippen molar-refractivity contribution in [1.82, 2.24) is 10.4 Å². The third kappa shape index (κ3) is 3.06. The van der Waals surface area contributed by atoms with Crippen molar-refractivity contribution in [3.8, 4) is 11.5 Å². The third-order valence-corrected chi connectivity index (χ3v) is 4.04. The Labute approximate surface area is 141 Å². The van der Waals surface area contributed by atoms with Gasteiger partial charge in [0.15, 0.2) is 0 Å². The van der Waals surface area contributed by atoms with Gasteiger partial charge in [0.1, 0.15) is 11.5 Å². The summed E-state index contributed by atoms with van der Waals surface area (Å²) in [6, 6.07) is 15.3. The summed E-state index contributed by atoms with van der Waals surface area (Å²) in [5.41, 5.74) is 6.11. The maximum atomic E-state index is 12.0. The van der Waals surface area contributed by atoms with Crippen molar-refractivity contribution >= 4 is 11.6 Å². The first-order valence-corrected chi connectivity index (χ1v) is 7.69. The lowest BCUT2D eigenvalue weighted by Gasteiger charge is -2.24. The van der Waals surface area contributed by atoms with Gasteiger partial charge < -0.3 is 9.47 Å². The van der Waals surface area contributed by atoms with Crippen LogP contribution >= 0.6 is 0 Å². The molecule has 0 saturated heterocycles. The highest BCUT2D eigenvalue weighted by atomic mass is 16.5. The quantitative estimate of drug-likeness (QED) is 0.939. The summed E-state index contributed by atoms with van der Waals surface area (Å²) >= 11 is 0. The second-order valence-corrected chi connectivity index (χ2v) is 5.53. The van der Waals surface area contributed by atoms with Crippen molar-refractivity contribution in [2.45, 2.75) is 13.0 Å². The second kappa shape index (κ2) is 6.66. The number of nitrogens with zero attached hydrogens (tertiary/aromatic N) is 1. The zero-order valence-electron chi connectivity index (χ0n) is 13.9. The number of ether oxygens (including phenoxy) is 2. The number of nitrogens with one attached hydrogen (secondary N) is 1. The van der Waals surface area contributed by atoms with E-state index in [1.54, 1.807) is 26.2 Å². The summed E-state index contributed by atoms with van der Waals surface area (Å²) < 4.78 is 10.4. The molecule has 0 fully saturated rings. The Balaban J connectivity index is 1.92. The van der Waals surface area contributed by atoms with Crippen molar-refractivity contribution < 1.29 is 14.3 Å². The summed E-state index contributed by atoms with van der Waals surface area (Å²) in [5, 5.41) is 1.63. The van der Waals surface area contributed by atoms with Gasteiger partial charge in [-0.15, -0.1) is 0 Å². The van der Waals surface area contributed by atoms with Gasteiger partial charge in [0.05, 0.1) is 26.0 Å². The molecule has 0 aliphatic carbocycles. The van der Waals surface area contributed by atoms with Gasteiger partial charge in [0, 0.05) is 6.92 Å². The van der Waals surface area contributed by atoms with Crippen molar-refractivity contribution in [3.05, 3.63) is 65.7 Å². The first kappa shape index (κ1) is 15.9. The van der Waals surface area contributed by atoms with Crippen LogP contribution in [0.15, 0.2) is 54.6 Å². The standard InChI is InChI=1S/C19H20N2O3/c1-13(22)21-19(15-6-10-17(24-3)11-7-15)12-18(20-21)14-4-8-16(23-2)9-5-14/h4-12,19-20H,1-3H3. The molecule has 124 valence electrons. The molecular weight excluding hydrogens is 304 g/mol. The van der Waals surface area contributed by atoms with E-state index < -0.39 is 0 Å². The van der Waals surface area contributed by atoms with Crippen LogP contribution in [0.5, 0.6) is 11.5 Å². The fraction of sp³-hybridized carbons (Fsp3) is 0.211. The predicted molar refractivity (Wildman–Crippen MR) is 92.4 cm³/mol. The number of carbonyl (C=O) groups is 1. The van der Waals surface area contributed by atoms with Gasteiger partial charge >= 0.3 is 0 Å². The molecule has 1 N–H and O–H groups in total. The van der Waals surface area contributed by atoms with Crippen LogP contribution in [0.3, 0.4) is 0 Å². The molecule has 5 nitrogen and oxygen atoms in total. The molecule has 2 aromatic rings. The predicted octanol–water partition coefficient (Wildman–Crippen LogP) is 3.15.